The molecule has 3 fully saturated rings. The quantitative estimate of drug-likeness (QED) is 0.688. The van der Waals surface area contributed by atoms with Gasteiger partial charge in [-0.2, -0.15) is 0 Å². The largest absolute Gasteiger partial charge is 0.303 e. The molecule has 0 atom stereocenters. The lowest BCUT2D eigenvalue weighted by Crippen LogP contribution is -2.45. The second-order valence-electron chi connectivity index (χ2n) is 8.43. The summed E-state index contributed by atoms with van der Waals surface area (Å²) in [7, 11) is 0. The standard InChI is InChI=1S/C19H36N2.C2H6/c1-15(2)21(19-8-9-19)18-6-4-17(5-7-18)14-20-12-10-16(3)11-13-20;1-2/h15-19H,4-14H2,1-3H3;1-2H3. The van der Waals surface area contributed by atoms with Gasteiger partial charge in [-0.1, -0.05) is 20.8 Å². The first kappa shape index (κ1) is 19.2. The third kappa shape index (κ3) is 5.74. The number of piperidine rings is 1. The minimum absolute atomic E-state index is 0.752. The minimum atomic E-state index is 0.752. The molecule has 0 unspecified atom stereocenters. The van der Waals surface area contributed by atoms with E-state index in [0.29, 0.717) is 0 Å². The molecule has 2 saturated carbocycles. The molecule has 0 aromatic heterocycles. The highest BCUT2D eigenvalue weighted by Gasteiger charge is 2.37. The van der Waals surface area contributed by atoms with Crippen LogP contribution in [-0.4, -0.2) is 47.6 Å². The number of likely N-dealkylation sites (tertiary alicyclic amines) is 1. The molecule has 0 radical (unpaired) electrons. The van der Waals surface area contributed by atoms with Gasteiger partial charge in [0.2, 0.25) is 0 Å². The molecular weight excluding hydrogens is 280 g/mol. The van der Waals surface area contributed by atoms with E-state index in [2.05, 4.69) is 30.6 Å². The molecule has 0 bridgehead atoms. The Kier molecular flexibility index (Phi) is 7.88. The molecule has 3 aliphatic rings. The van der Waals surface area contributed by atoms with Crippen molar-refractivity contribution in [3.8, 4) is 0 Å². The van der Waals surface area contributed by atoms with Gasteiger partial charge in [0.1, 0.15) is 0 Å². The van der Waals surface area contributed by atoms with Gasteiger partial charge in [0.25, 0.3) is 0 Å². The molecule has 0 amide bonds. The van der Waals surface area contributed by atoms with Gasteiger partial charge in [0, 0.05) is 24.7 Å². The molecule has 0 aromatic carbocycles. The van der Waals surface area contributed by atoms with E-state index in [1.165, 1.54) is 71.0 Å². The fourth-order valence-electron chi connectivity index (χ4n) is 4.75. The number of rotatable bonds is 5. The van der Waals surface area contributed by atoms with E-state index in [1.54, 1.807) is 0 Å². The average molecular weight is 323 g/mol. The van der Waals surface area contributed by atoms with Crippen LogP contribution >= 0.6 is 0 Å². The summed E-state index contributed by atoms with van der Waals surface area (Å²) in [5.74, 6) is 1.96. The number of hydrogen-bond donors (Lipinski definition) is 0. The van der Waals surface area contributed by atoms with Crippen molar-refractivity contribution in [3.05, 3.63) is 0 Å². The molecule has 0 spiro atoms. The summed E-state index contributed by atoms with van der Waals surface area (Å²) in [4.78, 5) is 5.62. The lowest BCUT2D eigenvalue weighted by molar-refractivity contribution is 0.0812. The SMILES string of the molecule is CC.CC1CCN(CC2CCC(N(C(C)C)C3CC3)CC2)CC1. The van der Waals surface area contributed by atoms with Crippen LogP contribution in [0.25, 0.3) is 0 Å². The Hall–Kier alpha value is -0.0800. The normalized spacial score (nSPS) is 30.4. The molecule has 1 heterocycles. The van der Waals surface area contributed by atoms with E-state index in [-0.39, 0.29) is 0 Å². The van der Waals surface area contributed by atoms with Crippen LogP contribution in [0.5, 0.6) is 0 Å². The van der Waals surface area contributed by atoms with Crippen LogP contribution in [0.15, 0.2) is 0 Å². The molecule has 23 heavy (non-hydrogen) atoms. The van der Waals surface area contributed by atoms with Crippen molar-refractivity contribution in [2.45, 2.75) is 104 Å². The number of nitrogens with zero attached hydrogens (tertiary/aromatic N) is 2. The zero-order valence-corrected chi connectivity index (χ0v) is 16.6. The molecule has 0 aromatic rings. The van der Waals surface area contributed by atoms with Crippen LogP contribution in [0.4, 0.5) is 0 Å². The summed E-state index contributed by atoms with van der Waals surface area (Å²) >= 11 is 0. The Morgan fingerprint density at radius 2 is 1.30 bits per heavy atom. The predicted octanol–water partition coefficient (Wildman–Crippen LogP) is 5.18. The topological polar surface area (TPSA) is 6.48 Å². The molecule has 1 aliphatic heterocycles. The van der Waals surface area contributed by atoms with Crippen molar-refractivity contribution in [3.63, 3.8) is 0 Å². The molecule has 2 nitrogen and oxygen atoms in total. The van der Waals surface area contributed by atoms with Crippen LogP contribution in [-0.2, 0) is 0 Å². The maximum absolute atomic E-state index is 2.86. The van der Waals surface area contributed by atoms with E-state index >= 15 is 0 Å². The van der Waals surface area contributed by atoms with Gasteiger partial charge >= 0.3 is 0 Å². The molecule has 3 rings (SSSR count). The Bertz CT molecular complexity index is 306. The summed E-state index contributed by atoms with van der Waals surface area (Å²) in [6.07, 6.45) is 11.7. The van der Waals surface area contributed by atoms with Crippen molar-refractivity contribution < 1.29 is 0 Å². The Balaban J connectivity index is 0.000000924. The molecule has 2 heteroatoms. The fraction of sp³-hybridized carbons (Fsp3) is 1.00. The molecular formula is C21H42N2. The first-order valence-corrected chi connectivity index (χ1v) is 10.6. The van der Waals surface area contributed by atoms with Gasteiger partial charge in [0.05, 0.1) is 0 Å². The predicted molar refractivity (Wildman–Crippen MR) is 102 cm³/mol. The summed E-state index contributed by atoms with van der Waals surface area (Å²) in [6, 6.07) is 2.59. The van der Waals surface area contributed by atoms with Gasteiger partial charge in [-0.15, -0.1) is 0 Å². The van der Waals surface area contributed by atoms with E-state index in [1.807, 2.05) is 13.8 Å². The monoisotopic (exact) mass is 322 g/mol. The Morgan fingerprint density at radius 3 is 1.74 bits per heavy atom. The zero-order chi connectivity index (χ0) is 16.8. The lowest BCUT2D eigenvalue weighted by atomic mass is 9.84. The second-order valence-corrected chi connectivity index (χ2v) is 8.43. The highest BCUT2D eigenvalue weighted by molar-refractivity contribution is 4.92. The minimum Gasteiger partial charge on any atom is -0.303 e. The van der Waals surface area contributed by atoms with E-state index < -0.39 is 0 Å². The average Bonchev–Trinajstić information content (AvgIpc) is 3.38. The summed E-state index contributed by atoms with van der Waals surface area (Å²) in [5, 5.41) is 0. The van der Waals surface area contributed by atoms with Gasteiger partial charge in [0.15, 0.2) is 0 Å². The van der Waals surface area contributed by atoms with Gasteiger partial charge in [-0.25, -0.2) is 0 Å². The van der Waals surface area contributed by atoms with Crippen molar-refractivity contribution in [2.75, 3.05) is 19.6 Å². The van der Waals surface area contributed by atoms with Gasteiger partial charge < -0.3 is 4.90 Å². The third-order valence-corrected chi connectivity index (χ3v) is 6.20. The van der Waals surface area contributed by atoms with Gasteiger partial charge in [-0.3, -0.25) is 4.90 Å². The lowest BCUT2D eigenvalue weighted by Gasteiger charge is -2.41. The summed E-state index contributed by atoms with van der Waals surface area (Å²) < 4.78 is 0. The second kappa shape index (κ2) is 9.42. The van der Waals surface area contributed by atoms with Gasteiger partial charge in [-0.05, 0) is 90.1 Å². The fourth-order valence-corrected chi connectivity index (χ4v) is 4.75. The molecule has 136 valence electrons. The van der Waals surface area contributed by atoms with Crippen molar-refractivity contribution in [2.24, 2.45) is 11.8 Å². The van der Waals surface area contributed by atoms with Crippen LogP contribution in [0.3, 0.4) is 0 Å². The summed E-state index contributed by atoms with van der Waals surface area (Å²) in [5.41, 5.74) is 0. The molecule has 2 aliphatic carbocycles. The highest BCUT2D eigenvalue weighted by Crippen LogP contribution is 2.37. The van der Waals surface area contributed by atoms with Crippen LogP contribution < -0.4 is 0 Å². The zero-order valence-electron chi connectivity index (χ0n) is 16.6. The maximum Gasteiger partial charge on any atom is 0.0102 e. The first-order valence-electron chi connectivity index (χ1n) is 10.6. The first-order chi connectivity index (χ1) is 11.1. The molecule has 0 N–H and O–H groups in total. The molecule has 1 saturated heterocycles. The number of hydrogen-bond acceptors (Lipinski definition) is 2. The van der Waals surface area contributed by atoms with Crippen molar-refractivity contribution in [1.82, 2.24) is 9.80 Å². The van der Waals surface area contributed by atoms with Crippen molar-refractivity contribution >= 4 is 0 Å². The van der Waals surface area contributed by atoms with E-state index in [9.17, 15) is 0 Å². The van der Waals surface area contributed by atoms with E-state index in [4.69, 9.17) is 0 Å². The Labute approximate surface area is 146 Å². The highest BCUT2D eigenvalue weighted by atomic mass is 15.2. The summed E-state index contributed by atoms with van der Waals surface area (Å²) in [6.45, 7) is 15.3. The maximum atomic E-state index is 2.86. The van der Waals surface area contributed by atoms with Crippen LogP contribution in [0.1, 0.15) is 86.0 Å². The van der Waals surface area contributed by atoms with Crippen LogP contribution in [0, 0.1) is 11.8 Å². The smallest absolute Gasteiger partial charge is 0.0102 e. The van der Waals surface area contributed by atoms with E-state index in [0.717, 1.165) is 30.0 Å². The third-order valence-electron chi connectivity index (χ3n) is 6.20. The Morgan fingerprint density at radius 1 is 0.826 bits per heavy atom. The van der Waals surface area contributed by atoms with Crippen LogP contribution in [0.2, 0.25) is 0 Å². The van der Waals surface area contributed by atoms with Crippen molar-refractivity contribution in [1.29, 1.82) is 0 Å².